The van der Waals surface area contributed by atoms with Gasteiger partial charge in [-0.25, -0.2) is 19.3 Å². The molecule has 3 aromatic rings. The van der Waals surface area contributed by atoms with Gasteiger partial charge in [-0.2, -0.15) is 0 Å². The van der Waals surface area contributed by atoms with Crippen LogP contribution in [0.4, 0.5) is 21.0 Å². The first kappa shape index (κ1) is 15.2. The van der Waals surface area contributed by atoms with Crippen molar-refractivity contribution in [2.75, 3.05) is 36.9 Å². The van der Waals surface area contributed by atoms with Gasteiger partial charge in [-0.05, 0) is 37.2 Å². The minimum absolute atomic E-state index is 0.201. The number of fused-ring (bicyclic) bond motifs is 2. The molecule has 0 bridgehead atoms. The Morgan fingerprint density at radius 1 is 1.29 bits per heavy atom. The molecule has 8 heteroatoms. The van der Waals surface area contributed by atoms with Crippen LogP contribution in [0.25, 0.3) is 10.3 Å². The summed E-state index contributed by atoms with van der Waals surface area (Å²) in [7, 11) is 1.91. The van der Waals surface area contributed by atoms with Crippen molar-refractivity contribution in [2.24, 2.45) is 0 Å². The second-order valence-electron chi connectivity index (χ2n) is 5.58. The minimum Gasteiger partial charge on any atom is -0.360 e. The lowest BCUT2D eigenvalue weighted by Crippen LogP contribution is -2.17. The van der Waals surface area contributed by atoms with Gasteiger partial charge in [0.2, 0.25) is 0 Å². The maximum absolute atomic E-state index is 13.4. The van der Waals surface area contributed by atoms with Crippen molar-refractivity contribution in [2.45, 2.75) is 6.42 Å². The summed E-state index contributed by atoms with van der Waals surface area (Å²) >= 11 is 1.52. The molecule has 124 valence electrons. The summed E-state index contributed by atoms with van der Waals surface area (Å²) in [6.45, 7) is 2.43. The molecule has 1 aliphatic rings. The summed E-state index contributed by atoms with van der Waals surface area (Å²) in [6, 6.07) is 4.89. The molecule has 0 unspecified atom stereocenters. The summed E-state index contributed by atoms with van der Waals surface area (Å²) in [5.74, 6) is 0.580. The van der Waals surface area contributed by atoms with E-state index in [1.807, 2.05) is 13.1 Å². The highest BCUT2D eigenvalue weighted by atomic mass is 32.1. The Hall–Kier alpha value is -2.32. The highest BCUT2D eigenvalue weighted by Gasteiger charge is 2.25. The Morgan fingerprint density at radius 3 is 3.08 bits per heavy atom. The Balaban J connectivity index is 1.70. The van der Waals surface area contributed by atoms with Crippen LogP contribution in [0.1, 0.15) is 5.56 Å². The van der Waals surface area contributed by atoms with Crippen molar-refractivity contribution >= 4 is 38.3 Å². The van der Waals surface area contributed by atoms with Gasteiger partial charge in [0, 0.05) is 25.3 Å². The van der Waals surface area contributed by atoms with Crippen LogP contribution in [-0.4, -0.2) is 41.6 Å². The van der Waals surface area contributed by atoms with Gasteiger partial charge in [0.1, 0.15) is 17.7 Å². The van der Waals surface area contributed by atoms with E-state index in [0.717, 1.165) is 58.6 Å². The fourth-order valence-electron chi connectivity index (χ4n) is 2.90. The molecule has 1 aromatic carbocycles. The Bertz CT molecular complexity index is 880. The summed E-state index contributed by atoms with van der Waals surface area (Å²) in [5, 5.41) is 7.21. The third kappa shape index (κ3) is 2.67. The fourth-order valence-corrected chi connectivity index (χ4v) is 3.73. The second kappa shape index (κ2) is 6.29. The molecule has 24 heavy (non-hydrogen) atoms. The number of benzene rings is 1. The van der Waals surface area contributed by atoms with E-state index >= 15 is 0 Å². The lowest BCUT2D eigenvalue weighted by Gasteiger charge is -2.18. The predicted molar refractivity (Wildman–Crippen MR) is 94.7 cm³/mol. The number of rotatable bonds is 5. The monoisotopic (exact) mass is 344 g/mol. The first-order valence-electron chi connectivity index (χ1n) is 7.82. The summed E-state index contributed by atoms with van der Waals surface area (Å²) in [4.78, 5) is 16.4. The molecule has 0 amide bonds. The molecule has 6 nitrogen and oxygen atoms in total. The number of hydrogen-bond donors (Lipinski definition) is 2. The zero-order valence-electron chi connectivity index (χ0n) is 13.2. The highest BCUT2D eigenvalue weighted by Crippen LogP contribution is 2.38. The largest absolute Gasteiger partial charge is 0.360 e. The van der Waals surface area contributed by atoms with Gasteiger partial charge in [-0.3, -0.25) is 0 Å². The molecule has 3 heterocycles. The molecule has 2 aromatic heterocycles. The van der Waals surface area contributed by atoms with E-state index in [0.29, 0.717) is 0 Å². The number of thiazole rings is 1. The van der Waals surface area contributed by atoms with Gasteiger partial charge < -0.3 is 15.5 Å². The molecule has 1 aliphatic heterocycles. The van der Waals surface area contributed by atoms with Crippen LogP contribution >= 0.6 is 11.3 Å². The molecular weight excluding hydrogens is 327 g/mol. The Labute approximate surface area is 142 Å². The number of hydrogen-bond acceptors (Lipinski definition) is 7. The van der Waals surface area contributed by atoms with Gasteiger partial charge in [-0.1, -0.05) is 11.3 Å². The molecule has 0 fully saturated rings. The second-order valence-corrected chi connectivity index (χ2v) is 6.55. The minimum atomic E-state index is -0.201. The summed E-state index contributed by atoms with van der Waals surface area (Å²) < 4.78 is 13.4. The average Bonchev–Trinajstić information content (AvgIpc) is 3.17. The lowest BCUT2D eigenvalue weighted by molar-refractivity contribution is 0.626. The van der Waals surface area contributed by atoms with Crippen LogP contribution < -0.4 is 15.5 Å². The van der Waals surface area contributed by atoms with Crippen molar-refractivity contribution < 1.29 is 4.39 Å². The van der Waals surface area contributed by atoms with Crippen LogP contribution in [0.15, 0.2) is 24.5 Å². The SMILES string of the molecule is CNCCNc1nc2c(N3CCc4cc(F)ccc43)ncnc2s1. The first-order chi connectivity index (χ1) is 11.8. The predicted octanol–water partition coefficient (Wildman–Crippen LogP) is 2.55. The van der Waals surface area contributed by atoms with Crippen LogP contribution in [0.5, 0.6) is 0 Å². The topological polar surface area (TPSA) is 66.0 Å². The van der Waals surface area contributed by atoms with Crippen molar-refractivity contribution in [3.8, 4) is 0 Å². The maximum atomic E-state index is 13.4. The summed E-state index contributed by atoms with van der Waals surface area (Å²) in [6.07, 6.45) is 2.37. The van der Waals surface area contributed by atoms with Crippen LogP contribution in [-0.2, 0) is 6.42 Å². The number of likely N-dealkylation sites (N-methyl/N-ethyl adjacent to an activating group) is 1. The summed E-state index contributed by atoms with van der Waals surface area (Å²) in [5.41, 5.74) is 2.78. The van der Waals surface area contributed by atoms with E-state index in [-0.39, 0.29) is 5.82 Å². The fraction of sp³-hybridized carbons (Fsp3) is 0.312. The standard InChI is InChI=1S/C16H17FN6S/c1-18-5-6-19-16-22-13-14(20-9-21-15(13)24-16)23-7-4-10-8-11(17)2-3-12(10)23/h2-3,8-9,18H,4-7H2,1H3,(H,19,22). The third-order valence-electron chi connectivity index (χ3n) is 4.02. The van der Waals surface area contributed by atoms with Crippen molar-refractivity contribution in [1.82, 2.24) is 20.3 Å². The maximum Gasteiger partial charge on any atom is 0.185 e. The molecule has 0 radical (unpaired) electrons. The van der Waals surface area contributed by atoms with E-state index in [1.54, 1.807) is 12.4 Å². The van der Waals surface area contributed by atoms with E-state index < -0.39 is 0 Å². The Kier molecular flexibility index (Phi) is 3.99. The average molecular weight is 344 g/mol. The molecule has 0 atom stereocenters. The van der Waals surface area contributed by atoms with Crippen LogP contribution in [0, 0.1) is 5.82 Å². The van der Waals surface area contributed by atoms with E-state index in [1.165, 1.54) is 17.4 Å². The zero-order chi connectivity index (χ0) is 16.5. The van der Waals surface area contributed by atoms with Gasteiger partial charge >= 0.3 is 0 Å². The van der Waals surface area contributed by atoms with Crippen molar-refractivity contribution in [3.05, 3.63) is 35.9 Å². The lowest BCUT2D eigenvalue weighted by atomic mass is 10.2. The molecule has 0 aliphatic carbocycles. The number of anilines is 3. The van der Waals surface area contributed by atoms with E-state index in [4.69, 9.17) is 0 Å². The number of nitrogens with one attached hydrogen (secondary N) is 2. The molecule has 0 spiro atoms. The smallest absolute Gasteiger partial charge is 0.185 e. The van der Waals surface area contributed by atoms with Crippen molar-refractivity contribution in [1.29, 1.82) is 0 Å². The van der Waals surface area contributed by atoms with Gasteiger partial charge in [0.25, 0.3) is 0 Å². The normalized spacial score (nSPS) is 13.5. The molecule has 2 N–H and O–H groups in total. The first-order valence-corrected chi connectivity index (χ1v) is 8.64. The van der Waals surface area contributed by atoms with E-state index in [9.17, 15) is 4.39 Å². The van der Waals surface area contributed by atoms with Gasteiger partial charge in [0.15, 0.2) is 15.8 Å². The van der Waals surface area contributed by atoms with Crippen molar-refractivity contribution in [3.63, 3.8) is 0 Å². The molecule has 0 saturated heterocycles. The Morgan fingerprint density at radius 2 is 2.21 bits per heavy atom. The van der Waals surface area contributed by atoms with Gasteiger partial charge in [-0.15, -0.1) is 0 Å². The number of aromatic nitrogens is 3. The number of nitrogens with zero attached hydrogens (tertiary/aromatic N) is 4. The van der Waals surface area contributed by atoms with E-state index in [2.05, 4.69) is 30.5 Å². The van der Waals surface area contributed by atoms with Crippen LogP contribution in [0.3, 0.4) is 0 Å². The quantitative estimate of drug-likeness (QED) is 0.694. The highest BCUT2D eigenvalue weighted by molar-refractivity contribution is 7.21. The third-order valence-corrected chi connectivity index (χ3v) is 4.94. The molecular formula is C16H17FN6S. The zero-order valence-corrected chi connectivity index (χ0v) is 14.0. The van der Waals surface area contributed by atoms with Gasteiger partial charge in [0.05, 0.1) is 0 Å². The van der Waals surface area contributed by atoms with Crippen LogP contribution in [0.2, 0.25) is 0 Å². The molecule has 0 saturated carbocycles. The molecule has 4 rings (SSSR count). The number of halogens is 1.